The van der Waals surface area contributed by atoms with Gasteiger partial charge in [0.1, 0.15) is 11.5 Å². The maximum atomic E-state index is 12.3. The predicted molar refractivity (Wildman–Crippen MR) is 134 cm³/mol. The number of carbonyl (C=O) groups is 3. The molecule has 0 aromatic heterocycles. The van der Waals surface area contributed by atoms with Gasteiger partial charge < -0.3 is 20.1 Å². The lowest BCUT2D eigenvalue weighted by Crippen LogP contribution is -2.32. The molecule has 3 aromatic rings. The van der Waals surface area contributed by atoms with Crippen molar-refractivity contribution in [3.63, 3.8) is 0 Å². The molecule has 0 unspecified atom stereocenters. The lowest BCUT2D eigenvalue weighted by Gasteiger charge is -2.10. The van der Waals surface area contributed by atoms with E-state index in [0.717, 1.165) is 11.1 Å². The Balaban J connectivity index is 1.53. The number of para-hydroxylation sites is 1. The topological polar surface area (TPSA) is 118 Å². The fourth-order valence-corrected chi connectivity index (χ4v) is 2.98. The van der Waals surface area contributed by atoms with Crippen LogP contribution in [-0.2, 0) is 14.4 Å². The highest BCUT2D eigenvalue weighted by molar-refractivity contribution is 6.39. The van der Waals surface area contributed by atoms with Crippen LogP contribution in [0.5, 0.6) is 11.5 Å². The molecule has 0 aliphatic rings. The standard InChI is InChI=1S/C26H26N4O5/c1-17-11-12-21(13-18(17)2)29-25(32)26(33)30-27-15-19-7-4-5-10-23(19)35-16-24(31)28-20-8-6-9-22(14-20)34-3/h4-15H,16H2,1-3H3,(H,28,31)(H,29,32)(H,30,33)/b27-15-. The Labute approximate surface area is 203 Å². The average molecular weight is 475 g/mol. The molecule has 9 nitrogen and oxygen atoms in total. The van der Waals surface area contributed by atoms with Crippen LogP contribution in [0.15, 0.2) is 71.8 Å². The Kier molecular flexibility index (Phi) is 8.55. The normalized spacial score (nSPS) is 10.5. The zero-order chi connectivity index (χ0) is 25.2. The number of methoxy groups -OCH3 is 1. The number of carbonyl (C=O) groups excluding carboxylic acids is 3. The number of aryl methyl sites for hydroxylation is 2. The Morgan fingerprint density at radius 1 is 0.857 bits per heavy atom. The van der Waals surface area contributed by atoms with Gasteiger partial charge >= 0.3 is 11.8 Å². The number of anilines is 2. The van der Waals surface area contributed by atoms with E-state index < -0.39 is 11.8 Å². The summed E-state index contributed by atoms with van der Waals surface area (Å²) in [5, 5.41) is 9.08. The minimum absolute atomic E-state index is 0.243. The number of amides is 3. The van der Waals surface area contributed by atoms with Gasteiger partial charge in [0.15, 0.2) is 6.61 Å². The van der Waals surface area contributed by atoms with Crippen molar-refractivity contribution >= 4 is 35.3 Å². The van der Waals surface area contributed by atoms with Gasteiger partial charge in [0.2, 0.25) is 0 Å². The Morgan fingerprint density at radius 3 is 2.40 bits per heavy atom. The third-order valence-corrected chi connectivity index (χ3v) is 4.97. The second kappa shape index (κ2) is 12.0. The van der Waals surface area contributed by atoms with Crippen LogP contribution in [0.2, 0.25) is 0 Å². The number of hydrogen-bond acceptors (Lipinski definition) is 6. The number of hydrazone groups is 1. The molecule has 3 N–H and O–H groups in total. The van der Waals surface area contributed by atoms with Crippen LogP contribution in [0.4, 0.5) is 11.4 Å². The SMILES string of the molecule is COc1cccc(NC(=O)COc2ccccc2/C=N\NC(=O)C(=O)Nc2ccc(C)c(C)c2)c1. The lowest BCUT2D eigenvalue weighted by atomic mass is 10.1. The van der Waals surface area contributed by atoms with Gasteiger partial charge in [-0.2, -0.15) is 5.10 Å². The third-order valence-electron chi connectivity index (χ3n) is 4.97. The molecule has 0 fully saturated rings. The van der Waals surface area contributed by atoms with E-state index in [2.05, 4.69) is 21.2 Å². The van der Waals surface area contributed by atoms with Crippen LogP contribution in [0, 0.1) is 13.8 Å². The molecule has 3 rings (SSSR count). The highest BCUT2D eigenvalue weighted by Gasteiger charge is 2.13. The molecule has 0 saturated heterocycles. The smallest absolute Gasteiger partial charge is 0.329 e. The van der Waals surface area contributed by atoms with Gasteiger partial charge in [0, 0.05) is 23.0 Å². The third kappa shape index (κ3) is 7.43. The van der Waals surface area contributed by atoms with E-state index in [0.29, 0.717) is 28.4 Å². The van der Waals surface area contributed by atoms with Crippen molar-refractivity contribution in [3.8, 4) is 11.5 Å². The molecule has 35 heavy (non-hydrogen) atoms. The van der Waals surface area contributed by atoms with E-state index in [-0.39, 0.29) is 12.5 Å². The first-order valence-electron chi connectivity index (χ1n) is 10.7. The number of ether oxygens (including phenoxy) is 2. The highest BCUT2D eigenvalue weighted by Crippen LogP contribution is 2.18. The predicted octanol–water partition coefficient (Wildman–Crippen LogP) is 3.42. The number of hydrogen-bond donors (Lipinski definition) is 3. The van der Waals surface area contributed by atoms with Crippen molar-refractivity contribution in [2.45, 2.75) is 13.8 Å². The minimum Gasteiger partial charge on any atom is -0.497 e. The quantitative estimate of drug-likeness (QED) is 0.263. The lowest BCUT2D eigenvalue weighted by molar-refractivity contribution is -0.136. The monoisotopic (exact) mass is 474 g/mol. The van der Waals surface area contributed by atoms with Crippen molar-refractivity contribution in [3.05, 3.63) is 83.4 Å². The van der Waals surface area contributed by atoms with E-state index in [1.54, 1.807) is 67.8 Å². The Morgan fingerprint density at radius 2 is 1.63 bits per heavy atom. The molecule has 0 aliphatic heterocycles. The summed E-state index contributed by atoms with van der Waals surface area (Å²) in [6, 6.07) is 19.2. The maximum Gasteiger partial charge on any atom is 0.329 e. The van der Waals surface area contributed by atoms with Crippen LogP contribution in [0.1, 0.15) is 16.7 Å². The van der Waals surface area contributed by atoms with Gasteiger partial charge in [0.25, 0.3) is 5.91 Å². The summed E-state index contributed by atoms with van der Waals surface area (Å²) >= 11 is 0. The van der Waals surface area contributed by atoms with Crippen molar-refractivity contribution in [2.24, 2.45) is 5.10 Å². The summed E-state index contributed by atoms with van der Waals surface area (Å²) in [7, 11) is 1.54. The van der Waals surface area contributed by atoms with Gasteiger partial charge in [-0.1, -0.05) is 24.3 Å². The number of nitrogens with one attached hydrogen (secondary N) is 3. The van der Waals surface area contributed by atoms with Gasteiger partial charge in [0.05, 0.1) is 13.3 Å². The summed E-state index contributed by atoms with van der Waals surface area (Å²) in [5.74, 6) is -1.12. The van der Waals surface area contributed by atoms with E-state index in [4.69, 9.17) is 9.47 Å². The van der Waals surface area contributed by atoms with Crippen LogP contribution in [0.25, 0.3) is 0 Å². The van der Waals surface area contributed by atoms with Gasteiger partial charge in [-0.25, -0.2) is 5.43 Å². The van der Waals surface area contributed by atoms with Crippen molar-refractivity contribution in [1.29, 1.82) is 0 Å². The van der Waals surface area contributed by atoms with Gasteiger partial charge in [-0.3, -0.25) is 14.4 Å². The maximum absolute atomic E-state index is 12.3. The zero-order valence-electron chi connectivity index (χ0n) is 19.6. The zero-order valence-corrected chi connectivity index (χ0v) is 19.6. The van der Waals surface area contributed by atoms with Crippen LogP contribution >= 0.6 is 0 Å². The molecule has 0 radical (unpaired) electrons. The largest absolute Gasteiger partial charge is 0.497 e. The van der Waals surface area contributed by atoms with E-state index in [1.165, 1.54) is 6.21 Å². The molecule has 0 bridgehead atoms. The van der Waals surface area contributed by atoms with Crippen LogP contribution in [0.3, 0.4) is 0 Å². The molecule has 3 aromatic carbocycles. The first-order chi connectivity index (χ1) is 16.9. The van der Waals surface area contributed by atoms with E-state index >= 15 is 0 Å². The Hall–Kier alpha value is -4.66. The molecule has 3 amide bonds. The Bertz CT molecular complexity index is 1260. The number of rotatable bonds is 8. The first kappa shape index (κ1) is 25.0. The molecule has 0 spiro atoms. The fraction of sp³-hybridized carbons (Fsp3) is 0.154. The first-order valence-corrected chi connectivity index (χ1v) is 10.7. The molecule has 180 valence electrons. The van der Waals surface area contributed by atoms with Crippen LogP contribution in [-0.4, -0.2) is 37.7 Å². The minimum atomic E-state index is -0.921. The summed E-state index contributed by atoms with van der Waals surface area (Å²) in [4.78, 5) is 36.4. The van der Waals surface area contributed by atoms with Crippen molar-refractivity contribution in [2.75, 3.05) is 24.4 Å². The molecular weight excluding hydrogens is 448 g/mol. The van der Waals surface area contributed by atoms with E-state index in [9.17, 15) is 14.4 Å². The summed E-state index contributed by atoms with van der Waals surface area (Å²) in [5.41, 5.74) is 5.87. The van der Waals surface area contributed by atoms with Crippen molar-refractivity contribution in [1.82, 2.24) is 5.43 Å². The summed E-state index contributed by atoms with van der Waals surface area (Å²) in [6.45, 7) is 3.63. The molecule has 9 heteroatoms. The van der Waals surface area contributed by atoms with Crippen molar-refractivity contribution < 1.29 is 23.9 Å². The molecular formula is C26H26N4O5. The number of nitrogens with zero attached hydrogens (tertiary/aromatic N) is 1. The highest BCUT2D eigenvalue weighted by atomic mass is 16.5. The molecule has 0 aliphatic carbocycles. The fourth-order valence-electron chi connectivity index (χ4n) is 2.98. The van der Waals surface area contributed by atoms with Gasteiger partial charge in [-0.15, -0.1) is 0 Å². The van der Waals surface area contributed by atoms with Gasteiger partial charge in [-0.05, 0) is 61.4 Å². The van der Waals surface area contributed by atoms with E-state index in [1.807, 2.05) is 19.9 Å². The second-order valence-electron chi connectivity index (χ2n) is 7.56. The molecule has 0 atom stereocenters. The summed E-state index contributed by atoms with van der Waals surface area (Å²) in [6.07, 6.45) is 1.33. The molecule has 0 saturated carbocycles. The molecule has 0 heterocycles. The average Bonchev–Trinajstić information content (AvgIpc) is 2.85. The summed E-state index contributed by atoms with van der Waals surface area (Å²) < 4.78 is 10.7. The number of benzene rings is 3. The van der Waals surface area contributed by atoms with Crippen LogP contribution < -0.4 is 25.5 Å². The second-order valence-corrected chi connectivity index (χ2v) is 7.56.